The van der Waals surface area contributed by atoms with Crippen LogP contribution in [0.25, 0.3) is 0 Å². The minimum atomic E-state index is -3.43. The van der Waals surface area contributed by atoms with E-state index >= 15 is 0 Å². The number of hydrogen-bond donors (Lipinski definition) is 2. The van der Waals surface area contributed by atoms with Gasteiger partial charge in [-0.25, -0.2) is 8.42 Å². The molecule has 6 heteroatoms. The van der Waals surface area contributed by atoms with Crippen LogP contribution in [0.15, 0.2) is 48.8 Å². The van der Waals surface area contributed by atoms with Gasteiger partial charge in [0, 0.05) is 18.9 Å². The van der Waals surface area contributed by atoms with Crippen molar-refractivity contribution in [2.24, 2.45) is 5.73 Å². The lowest BCUT2D eigenvalue weighted by molar-refractivity contribution is 0.600. The van der Waals surface area contributed by atoms with Gasteiger partial charge in [-0.3, -0.25) is 9.71 Å². The van der Waals surface area contributed by atoms with Crippen LogP contribution < -0.4 is 10.5 Å². The van der Waals surface area contributed by atoms with Crippen molar-refractivity contribution >= 4 is 15.7 Å². The highest BCUT2D eigenvalue weighted by atomic mass is 32.2. The second-order valence-corrected chi connectivity index (χ2v) is 5.84. The fourth-order valence-corrected chi connectivity index (χ4v) is 2.89. The number of anilines is 1. The van der Waals surface area contributed by atoms with E-state index in [1.54, 1.807) is 30.3 Å². The van der Waals surface area contributed by atoms with Gasteiger partial charge >= 0.3 is 0 Å². The molecule has 0 saturated carbocycles. The van der Waals surface area contributed by atoms with Crippen molar-refractivity contribution in [1.29, 1.82) is 0 Å². The van der Waals surface area contributed by atoms with Crippen LogP contribution in [-0.2, 0) is 22.3 Å². The summed E-state index contributed by atoms with van der Waals surface area (Å²) >= 11 is 0. The Morgan fingerprint density at radius 1 is 1.11 bits per heavy atom. The van der Waals surface area contributed by atoms with Crippen LogP contribution in [0.3, 0.4) is 0 Å². The van der Waals surface area contributed by atoms with E-state index < -0.39 is 10.0 Å². The molecule has 1 aromatic carbocycles. The highest BCUT2D eigenvalue weighted by Gasteiger charge is 2.11. The molecule has 100 valence electrons. The van der Waals surface area contributed by atoms with E-state index in [9.17, 15) is 8.42 Å². The smallest absolute Gasteiger partial charge is 0.236 e. The molecule has 2 rings (SSSR count). The summed E-state index contributed by atoms with van der Waals surface area (Å²) in [7, 11) is -3.43. The molecule has 0 amide bonds. The molecule has 0 spiro atoms. The monoisotopic (exact) mass is 277 g/mol. The summed E-state index contributed by atoms with van der Waals surface area (Å²) in [5, 5.41) is 0. The number of benzene rings is 1. The Kier molecular flexibility index (Phi) is 4.13. The molecule has 0 aliphatic carbocycles. The van der Waals surface area contributed by atoms with Crippen LogP contribution in [0.1, 0.15) is 11.1 Å². The first kappa shape index (κ1) is 13.5. The van der Waals surface area contributed by atoms with Gasteiger partial charge in [0.05, 0.1) is 11.4 Å². The minimum absolute atomic E-state index is 0.0802. The highest BCUT2D eigenvalue weighted by molar-refractivity contribution is 7.91. The van der Waals surface area contributed by atoms with E-state index in [4.69, 9.17) is 5.73 Å². The second-order valence-electron chi connectivity index (χ2n) is 4.12. The third-order valence-corrected chi connectivity index (χ3v) is 3.80. The van der Waals surface area contributed by atoms with E-state index in [1.165, 1.54) is 12.4 Å². The first-order valence-corrected chi connectivity index (χ1v) is 7.43. The number of hydrogen-bond acceptors (Lipinski definition) is 4. The van der Waals surface area contributed by atoms with E-state index in [2.05, 4.69) is 9.71 Å². The third kappa shape index (κ3) is 4.04. The van der Waals surface area contributed by atoms with Gasteiger partial charge in [0.25, 0.3) is 0 Å². The van der Waals surface area contributed by atoms with Gasteiger partial charge in [0.15, 0.2) is 0 Å². The molecule has 0 atom stereocenters. The molecule has 0 bridgehead atoms. The minimum Gasteiger partial charge on any atom is -0.326 e. The maximum atomic E-state index is 12.0. The van der Waals surface area contributed by atoms with E-state index in [0.29, 0.717) is 17.8 Å². The lowest BCUT2D eigenvalue weighted by Crippen LogP contribution is -2.15. The summed E-state index contributed by atoms with van der Waals surface area (Å²) in [5.41, 5.74) is 7.66. The number of pyridine rings is 1. The number of aromatic nitrogens is 1. The SMILES string of the molecule is NCc1cccc(CS(=O)(=O)Nc2ccncc2)c1. The van der Waals surface area contributed by atoms with E-state index in [1.807, 2.05) is 6.07 Å². The van der Waals surface area contributed by atoms with Crippen molar-refractivity contribution in [2.45, 2.75) is 12.3 Å². The molecule has 1 heterocycles. The summed E-state index contributed by atoms with van der Waals surface area (Å²) < 4.78 is 26.5. The number of nitrogens with one attached hydrogen (secondary N) is 1. The Labute approximate surface area is 112 Å². The third-order valence-electron chi connectivity index (χ3n) is 2.54. The standard InChI is InChI=1S/C13H15N3O2S/c14-9-11-2-1-3-12(8-11)10-19(17,18)16-13-4-6-15-7-5-13/h1-8H,9-10,14H2,(H,15,16). The molecule has 0 saturated heterocycles. The van der Waals surface area contributed by atoms with Crippen molar-refractivity contribution < 1.29 is 8.42 Å². The molecular formula is C13H15N3O2S. The van der Waals surface area contributed by atoms with Gasteiger partial charge in [-0.05, 0) is 23.3 Å². The zero-order valence-electron chi connectivity index (χ0n) is 10.3. The molecule has 0 aliphatic heterocycles. The Morgan fingerprint density at radius 3 is 2.47 bits per heavy atom. The second kappa shape index (κ2) is 5.81. The highest BCUT2D eigenvalue weighted by Crippen LogP contribution is 2.12. The van der Waals surface area contributed by atoms with Crippen LogP contribution in [0, 0.1) is 0 Å². The van der Waals surface area contributed by atoms with Crippen molar-refractivity contribution in [2.75, 3.05) is 4.72 Å². The molecule has 5 nitrogen and oxygen atoms in total. The number of sulfonamides is 1. The quantitative estimate of drug-likeness (QED) is 0.867. The average molecular weight is 277 g/mol. The van der Waals surface area contributed by atoms with Gasteiger partial charge in [-0.15, -0.1) is 0 Å². The van der Waals surface area contributed by atoms with Crippen LogP contribution in [-0.4, -0.2) is 13.4 Å². The Hall–Kier alpha value is -1.92. The lowest BCUT2D eigenvalue weighted by atomic mass is 10.1. The van der Waals surface area contributed by atoms with Crippen LogP contribution in [0.2, 0.25) is 0 Å². The molecule has 0 aliphatic rings. The maximum absolute atomic E-state index is 12.0. The topological polar surface area (TPSA) is 85.1 Å². The molecule has 19 heavy (non-hydrogen) atoms. The Balaban J connectivity index is 2.12. The summed E-state index contributed by atoms with van der Waals surface area (Å²) in [6.45, 7) is 0.395. The van der Waals surface area contributed by atoms with Crippen molar-refractivity contribution in [3.8, 4) is 0 Å². The van der Waals surface area contributed by atoms with E-state index in [0.717, 1.165) is 5.56 Å². The first-order chi connectivity index (χ1) is 9.09. The van der Waals surface area contributed by atoms with Crippen LogP contribution in [0.5, 0.6) is 0 Å². The Bertz CT molecular complexity index is 642. The molecule has 0 radical (unpaired) electrons. The molecule has 0 unspecified atom stereocenters. The van der Waals surface area contributed by atoms with Gasteiger partial charge in [-0.1, -0.05) is 24.3 Å². The fourth-order valence-electron chi connectivity index (χ4n) is 1.70. The summed E-state index contributed by atoms with van der Waals surface area (Å²) in [6.07, 6.45) is 3.07. The van der Waals surface area contributed by atoms with E-state index in [-0.39, 0.29) is 5.75 Å². The summed E-state index contributed by atoms with van der Waals surface area (Å²) in [5.74, 6) is -0.0802. The van der Waals surface area contributed by atoms with Gasteiger partial charge in [-0.2, -0.15) is 0 Å². The average Bonchev–Trinajstić information content (AvgIpc) is 2.39. The molecule has 3 N–H and O–H groups in total. The zero-order valence-corrected chi connectivity index (χ0v) is 11.1. The number of nitrogens with zero attached hydrogens (tertiary/aromatic N) is 1. The van der Waals surface area contributed by atoms with Gasteiger partial charge < -0.3 is 5.73 Å². The van der Waals surface area contributed by atoms with Crippen molar-refractivity contribution in [1.82, 2.24) is 4.98 Å². The van der Waals surface area contributed by atoms with Gasteiger partial charge in [0.2, 0.25) is 10.0 Å². The molecule has 1 aromatic heterocycles. The lowest BCUT2D eigenvalue weighted by Gasteiger charge is -2.08. The molecular weight excluding hydrogens is 262 g/mol. The fraction of sp³-hybridized carbons (Fsp3) is 0.154. The Morgan fingerprint density at radius 2 is 1.79 bits per heavy atom. The number of nitrogens with two attached hydrogens (primary N) is 1. The van der Waals surface area contributed by atoms with Crippen LogP contribution >= 0.6 is 0 Å². The molecule has 2 aromatic rings. The van der Waals surface area contributed by atoms with Gasteiger partial charge in [0.1, 0.15) is 0 Å². The predicted molar refractivity (Wildman–Crippen MR) is 74.8 cm³/mol. The molecule has 0 fully saturated rings. The zero-order chi connectivity index (χ0) is 13.7. The van der Waals surface area contributed by atoms with Crippen molar-refractivity contribution in [3.63, 3.8) is 0 Å². The predicted octanol–water partition coefficient (Wildman–Crippen LogP) is 1.48. The summed E-state index contributed by atoms with van der Waals surface area (Å²) in [4.78, 5) is 3.83. The normalized spacial score (nSPS) is 11.2. The largest absolute Gasteiger partial charge is 0.326 e. The maximum Gasteiger partial charge on any atom is 0.236 e. The summed E-state index contributed by atoms with van der Waals surface area (Å²) in [6, 6.07) is 10.4. The van der Waals surface area contributed by atoms with Crippen LogP contribution in [0.4, 0.5) is 5.69 Å². The first-order valence-electron chi connectivity index (χ1n) is 5.77. The van der Waals surface area contributed by atoms with Crippen molar-refractivity contribution in [3.05, 3.63) is 59.9 Å². The number of rotatable bonds is 5.